The Hall–Kier alpha value is -2.10. The highest BCUT2D eigenvalue weighted by Gasteiger charge is 2.25. The summed E-state index contributed by atoms with van der Waals surface area (Å²) in [6.07, 6.45) is 3.65. The highest BCUT2D eigenvalue weighted by Crippen LogP contribution is 2.02. The Morgan fingerprint density at radius 2 is 2.00 bits per heavy atom. The summed E-state index contributed by atoms with van der Waals surface area (Å²) in [5.41, 5.74) is 0.934. The molecule has 2 aromatic rings. The van der Waals surface area contributed by atoms with Crippen LogP contribution in [0.25, 0.3) is 5.69 Å². The van der Waals surface area contributed by atoms with Crippen LogP contribution in [0.4, 0.5) is 0 Å². The maximum absolute atomic E-state index is 11.6. The lowest BCUT2D eigenvalue weighted by atomic mass is 10.3. The lowest BCUT2D eigenvalue weighted by Crippen LogP contribution is -2.37. The smallest absolute Gasteiger partial charge is 0.422 e. The van der Waals surface area contributed by atoms with Crippen molar-refractivity contribution in [2.24, 2.45) is 7.05 Å². The first-order valence-electron chi connectivity index (χ1n) is 4.94. The number of imidazole rings is 1. The van der Waals surface area contributed by atoms with E-state index in [1.54, 1.807) is 9.13 Å². The topological polar surface area (TPSA) is 35.1 Å². The molecule has 1 heterocycles. The molecule has 4 nitrogen and oxygen atoms in total. The van der Waals surface area contributed by atoms with Crippen LogP contribution in [0.3, 0.4) is 0 Å². The molecule has 0 radical (unpaired) electrons. The van der Waals surface area contributed by atoms with Crippen molar-refractivity contribution in [3.05, 3.63) is 48.5 Å². The first-order valence-corrected chi connectivity index (χ1v) is 4.94. The summed E-state index contributed by atoms with van der Waals surface area (Å²) in [7, 11) is 3.19. The molecule has 0 N–H and O–H groups in total. The average molecular weight is 217 g/mol. The molecule has 1 aromatic heterocycles. The number of nitrogens with zero attached hydrogens (tertiary/aromatic N) is 2. The Kier molecular flexibility index (Phi) is 2.72. The van der Waals surface area contributed by atoms with Crippen molar-refractivity contribution in [3.8, 4) is 5.69 Å². The first kappa shape index (κ1) is 10.4. The monoisotopic (exact) mass is 217 g/mol. The van der Waals surface area contributed by atoms with Crippen molar-refractivity contribution in [2.45, 2.75) is 0 Å². The van der Waals surface area contributed by atoms with Gasteiger partial charge in [-0.15, -0.1) is 0 Å². The molecule has 0 fully saturated rings. The van der Waals surface area contributed by atoms with Gasteiger partial charge in [-0.1, -0.05) is 18.2 Å². The molecule has 2 rings (SSSR count). The molecular formula is C12H13N2O2+. The summed E-state index contributed by atoms with van der Waals surface area (Å²) in [5, 5.41) is 0. The van der Waals surface area contributed by atoms with Crippen LogP contribution in [0.2, 0.25) is 0 Å². The van der Waals surface area contributed by atoms with E-state index in [1.807, 2.05) is 49.8 Å². The zero-order valence-electron chi connectivity index (χ0n) is 9.25. The number of methoxy groups -OCH3 is 1. The van der Waals surface area contributed by atoms with Crippen LogP contribution in [0.5, 0.6) is 0 Å². The normalized spacial score (nSPS) is 10.1. The van der Waals surface area contributed by atoms with Gasteiger partial charge in [0.1, 0.15) is 18.1 Å². The number of carbonyl (C=O) groups excluding carboxylic acids is 1. The minimum atomic E-state index is -0.351. The zero-order chi connectivity index (χ0) is 11.5. The molecule has 1 aromatic carbocycles. The molecule has 0 aliphatic carbocycles. The molecule has 0 bridgehead atoms. The average Bonchev–Trinajstić information content (AvgIpc) is 2.71. The standard InChI is InChI=1S/C12H13N2O2/c1-13-8-9-14(11(13)12(15)16-2)10-6-4-3-5-7-10/h3-9H,1-2H3/q+1. The quantitative estimate of drug-likeness (QED) is 0.557. The predicted molar refractivity (Wildman–Crippen MR) is 58.3 cm³/mol. The maximum atomic E-state index is 11.6. The van der Waals surface area contributed by atoms with E-state index in [0.717, 1.165) is 5.69 Å². The number of ether oxygens (including phenoxy) is 1. The Morgan fingerprint density at radius 3 is 2.62 bits per heavy atom. The van der Waals surface area contributed by atoms with Gasteiger partial charge in [-0.25, -0.2) is 9.36 Å². The molecule has 0 saturated carbocycles. The summed E-state index contributed by atoms with van der Waals surface area (Å²) in [6, 6.07) is 9.66. The van der Waals surface area contributed by atoms with Gasteiger partial charge in [0.05, 0.1) is 14.2 Å². The van der Waals surface area contributed by atoms with Crippen LogP contribution >= 0.6 is 0 Å². The second-order valence-electron chi connectivity index (χ2n) is 3.43. The predicted octanol–water partition coefficient (Wildman–Crippen LogP) is 1.09. The van der Waals surface area contributed by atoms with Gasteiger partial charge >= 0.3 is 11.8 Å². The van der Waals surface area contributed by atoms with Crippen molar-refractivity contribution in [1.29, 1.82) is 0 Å². The van der Waals surface area contributed by atoms with Crippen molar-refractivity contribution in [1.82, 2.24) is 4.57 Å². The third-order valence-corrected chi connectivity index (χ3v) is 2.40. The summed E-state index contributed by atoms with van der Waals surface area (Å²) in [5.74, 6) is 0.144. The van der Waals surface area contributed by atoms with E-state index in [-0.39, 0.29) is 5.97 Å². The molecule has 0 aliphatic rings. The van der Waals surface area contributed by atoms with E-state index in [4.69, 9.17) is 4.74 Å². The molecule has 16 heavy (non-hydrogen) atoms. The highest BCUT2D eigenvalue weighted by molar-refractivity contribution is 5.84. The van der Waals surface area contributed by atoms with E-state index < -0.39 is 0 Å². The van der Waals surface area contributed by atoms with E-state index in [9.17, 15) is 4.79 Å². The summed E-state index contributed by atoms with van der Waals surface area (Å²) in [4.78, 5) is 11.6. The summed E-state index contributed by atoms with van der Waals surface area (Å²) < 4.78 is 8.29. The SMILES string of the molecule is COC(=O)c1n(C)cc[n+]1-c1ccccc1. The van der Waals surface area contributed by atoms with Crippen LogP contribution in [0, 0.1) is 0 Å². The number of para-hydroxylation sites is 1. The fraction of sp³-hybridized carbons (Fsp3) is 0.167. The van der Waals surface area contributed by atoms with Gasteiger partial charge < -0.3 is 4.74 Å². The minimum absolute atomic E-state index is 0.351. The first-order chi connectivity index (χ1) is 7.74. The second-order valence-corrected chi connectivity index (χ2v) is 3.43. The molecule has 4 heteroatoms. The molecule has 0 saturated heterocycles. The van der Waals surface area contributed by atoms with Gasteiger partial charge in [-0.05, 0) is 12.1 Å². The number of aromatic nitrogens is 2. The summed E-state index contributed by atoms with van der Waals surface area (Å²) >= 11 is 0. The van der Waals surface area contributed by atoms with Gasteiger partial charge in [-0.3, -0.25) is 0 Å². The van der Waals surface area contributed by atoms with Gasteiger partial charge in [0.2, 0.25) is 0 Å². The third kappa shape index (κ3) is 1.69. The van der Waals surface area contributed by atoms with Gasteiger partial charge in [0.15, 0.2) is 0 Å². The van der Waals surface area contributed by atoms with E-state index in [2.05, 4.69) is 0 Å². The number of hydrogen-bond donors (Lipinski definition) is 0. The second kappa shape index (κ2) is 4.18. The van der Waals surface area contributed by atoms with Crippen LogP contribution < -0.4 is 4.57 Å². The number of esters is 1. The van der Waals surface area contributed by atoms with Crippen molar-refractivity contribution in [3.63, 3.8) is 0 Å². The molecule has 0 spiro atoms. The van der Waals surface area contributed by atoms with Crippen molar-refractivity contribution < 1.29 is 14.1 Å². The van der Waals surface area contributed by atoms with E-state index in [1.165, 1.54) is 7.11 Å². The van der Waals surface area contributed by atoms with E-state index in [0.29, 0.717) is 5.82 Å². The highest BCUT2D eigenvalue weighted by atomic mass is 16.5. The number of benzene rings is 1. The number of aryl methyl sites for hydroxylation is 1. The Labute approximate surface area is 93.7 Å². The van der Waals surface area contributed by atoms with Gasteiger partial charge in [0, 0.05) is 0 Å². The fourth-order valence-corrected chi connectivity index (χ4v) is 1.61. The lowest BCUT2D eigenvalue weighted by molar-refractivity contribution is -0.598. The molecule has 0 unspecified atom stereocenters. The van der Waals surface area contributed by atoms with Gasteiger partial charge in [0.25, 0.3) is 0 Å². The van der Waals surface area contributed by atoms with Crippen LogP contribution in [0.1, 0.15) is 10.6 Å². The van der Waals surface area contributed by atoms with Crippen LogP contribution in [-0.4, -0.2) is 17.6 Å². The van der Waals surface area contributed by atoms with Gasteiger partial charge in [-0.2, -0.15) is 4.57 Å². The number of carbonyl (C=O) groups is 1. The summed E-state index contributed by atoms with van der Waals surface area (Å²) in [6.45, 7) is 0. The van der Waals surface area contributed by atoms with Crippen molar-refractivity contribution >= 4 is 5.97 Å². The molecule has 0 atom stereocenters. The minimum Gasteiger partial charge on any atom is -0.460 e. The molecule has 0 aliphatic heterocycles. The maximum Gasteiger partial charge on any atom is 0.422 e. The lowest BCUT2D eigenvalue weighted by Gasteiger charge is -2.00. The van der Waals surface area contributed by atoms with Crippen LogP contribution in [0.15, 0.2) is 42.7 Å². The zero-order valence-corrected chi connectivity index (χ0v) is 9.25. The Bertz CT molecular complexity index is 503. The number of rotatable bonds is 2. The third-order valence-electron chi connectivity index (χ3n) is 2.40. The largest absolute Gasteiger partial charge is 0.460 e. The molecule has 82 valence electrons. The molecule has 0 amide bonds. The number of hydrogen-bond acceptors (Lipinski definition) is 2. The molecular weight excluding hydrogens is 204 g/mol. The van der Waals surface area contributed by atoms with Crippen molar-refractivity contribution in [2.75, 3.05) is 7.11 Å². The van der Waals surface area contributed by atoms with Crippen LogP contribution in [-0.2, 0) is 11.8 Å². The van der Waals surface area contributed by atoms with E-state index >= 15 is 0 Å². The Morgan fingerprint density at radius 1 is 1.31 bits per heavy atom. The fourth-order valence-electron chi connectivity index (χ4n) is 1.61. The Balaban J connectivity index is 2.55.